The fourth-order valence-corrected chi connectivity index (χ4v) is 4.66. The molecule has 0 unspecified atom stereocenters. The summed E-state index contributed by atoms with van der Waals surface area (Å²) in [6.45, 7) is 2.77. The maximum Gasteiger partial charge on any atom is 0.266 e. The maximum absolute atomic E-state index is 14.1. The summed E-state index contributed by atoms with van der Waals surface area (Å²) in [5.41, 5.74) is 1.31. The molecule has 0 bridgehead atoms. The van der Waals surface area contributed by atoms with Gasteiger partial charge in [0, 0.05) is 21.0 Å². The van der Waals surface area contributed by atoms with Crippen LogP contribution in [0.5, 0.6) is 11.5 Å². The standard InChI is InChI=1S/C19H16FNO3S2/c1-10-17-11(20)4-3-5-15(17)26-18(10)19(22)21-12-8-13-14(9-16(12)25-2)24-7-6-23-13/h3-5,8-9H,6-7H2,1-2H3,(H,21,22). The van der Waals surface area contributed by atoms with Gasteiger partial charge in [-0.2, -0.15) is 0 Å². The molecular weight excluding hydrogens is 373 g/mol. The number of anilines is 1. The summed E-state index contributed by atoms with van der Waals surface area (Å²) in [6.07, 6.45) is 1.93. The number of thioether (sulfide) groups is 1. The Balaban J connectivity index is 1.71. The van der Waals surface area contributed by atoms with Gasteiger partial charge in [-0.25, -0.2) is 4.39 Å². The summed E-state index contributed by atoms with van der Waals surface area (Å²) in [5, 5.41) is 3.45. The fourth-order valence-electron chi connectivity index (χ4n) is 2.99. The summed E-state index contributed by atoms with van der Waals surface area (Å²) in [4.78, 5) is 14.2. The van der Waals surface area contributed by atoms with Gasteiger partial charge in [0.2, 0.25) is 0 Å². The van der Waals surface area contributed by atoms with Gasteiger partial charge in [0.15, 0.2) is 11.5 Å². The van der Waals surface area contributed by atoms with Gasteiger partial charge in [-0.1, -0.05) is 6.07 Å². The molecule has 134 valence electrons. The highest BCUT2D eigenvalue weighted by molar-refractivity contribution is 7.98. The molecule has 0 aliphatic carbocycles. The zero-order valence-electron chi connectivity index (χ0n) is 14.2. The molecule has 0 radical (unpaired) electrons. The van der Waals surface area contributed by atoms with E-state index in [1.54, 1.807) is 19.1 Å². The lowest BCUT2D eigenvalue weighted by Gasteiger charge is -2.20. The number of aryl methyl sites for hydroxylation is 1. The van der Waals surface area contributed by atoms with Crippen molar-refractivity contribution >= 4 is 44.8 Å². The molecule has 0 atom stereocenters. The number of ether oxygens (including phenoxy) is 2. The fraction of sp³-hybridized carbons (Fsp3) is 0.211. The molecule has 1 N–H and O–H groups in total. The number of fused-ring (bicyclic) bond motifs is 2. The lowest BCUT2D eigenvalue weighted by atomic mass is 10.1. The molecule has 0 saturated heterocycles. The average molecular weight is 389 g/mol. The van der Waals surface area contributed by atoms with Gasteiger partial charge in [-0.15, -0.1) is 23.1 Å². The van der Waals surface area contributed by atoms with E-state index in [-0.39, 0.29) is 11.7 Å². The molecule has 2 aromatic carbocycles. The number of benzene rings is 2. The zero-order chi connectivity index (χ0) is 18.3. The van der Waals surface area contributed by atoms with E-state index in [2.05, 4.69) is 5.32 Å². The number of carbonyl (C=O) groups excluding carboxylic acids is 1. The van der Waals surface area contributed by atoms with Crippen molar-refractivity contribution < 1.29 is 18.7 Å². The van der Waals surface area contributed by atoms with Crippen molar-refractivity contribution in [2.45, 2.75) is 11.8 Å². The van der Waals surface area contributed by atoms with Crippen LogP contribution in [0.15, 0.2) is 35.2 Å². The lowest BCUT2D eigenvalue weighted by Crippen LogP contribution is -2.17. The van der Waals surface area contributed by atoms with Crippen molar-refractivity contribution in [2.24, 2.45) is 0 Å². The van der Waals surface area contributed by atoms with Crippen molar-refractivity contribution in [3.8, 4) is 11.5 Å². The van der Waals surface area contributed by atoms with Crippen LogP contribution in [0.2, 0.25) is 0 Å². The largest absolute Gasteiger partial charge is 0.486 e. The van der Waals surface area contributed by atoms with E-state index in [0.29, 0.717) is 46.2 Å². The first-order valence-electron chi connectivity index (χ1n) is 8.05. The second-order valence-corrected chi connectivity index (χ2v) is 7.72. The lowest BCUT2D eigenvalue weighted by molar-refractivity contribution is 0.102. The first-order valence-corrected chi connectivity index (χ1v) is 10.1. The van der Waals surface area contributed by atoms with Gasteiger partial charge < -0.3 is 14.8 Å². The number of hydrogen-bond acceptors (Lipinski definition) is 5. The van der Waals surface area contributed by atoms with Crippen LogP contribution in [0.1, 0.15) is 15.2 Å². The second kappa shape index (κ2) is 6.81. The smallest absolute Gasteiger partial charge is 0.266 e. The molecule has 1 amide bonds. The Hall–Kier alpha value is -2.25. The minimum Gasteiger partial charge on any atom is -0.486 e. The molecule has 0 spiro atoms. The minimum atomic E-state index is -0.306. The Morgan fingerprint density at radius 1 is 1.23 bits per heavy atom. The third-order valence-electron chi connectivity index (χ3n) is 4.22. The van der Waals surface area contributed by atoms with E-state index in [4.69, 9.17) is 9.47 Å². The Kier molecular flexibility index (Phi) is 4.50. The normalized spacial score (nSPS) is 13.0. The Bertz CT molecular complexity index is 1020. The quantitative estimate of drug-likeness (QED) is 0.634. The molecule has 4 nitrogen and oxygen atoms in total. The van der Waals surface area contributed by atoms with Gasteiger partial charge in [-0.3, -0.25) is 4.79 Å². The summed E-state index contributed by atoms with van der Waals surface area (Å²) in [5.74, 6) is 0.733. The molecular formula is C19H16FNO3S2. The minimum absolute atomic E-state index is 0.255. The van der Waals surface area contributed by atoms with Gasteiger partial charge in [0.05, 0.1) is 10.6 Å². The van der Waals surface area contributed by atoms with Gasteiger partial charge in [0.25, 0.3) is 5.91 Å². The van der Waals surface area contributed by atoms with Crippen molar-refractivity contribution in [1.29, 1.82) is 0 Å². The third kappa shape index (κ3) is 2.91. The number of halogens is 1. The average Bonchev–Trinajstić information content (AvgIpc) is 2.99. The van der Waals surface area contributed by atoms with Crippen LogP contribution in [-0.2, 0) is 0 Å². The SMILES string of the molecule is CSc1cc2c(cc1NC(=O)c1sc3cccc(F)c3c1C)OCCO2. The highest BCUT2D eigenvalue weighted by atomic mass is 32.2. The monoisotopic (exact) mass is 389 g/mol. The van der Waals surface area contributed by atoms with E-state index in [1.165, 1.54) is 29.2 Å². The molecule has 3 aromatic rings. The number of nitrogens with one attached hydrogen (secondary N) is 1. The first-order chi connectivity index (χ1) is 12.6. The van der Waals surface area contributed by atoms with Crippen LogP contribution in [0, 0.1) is 12.7 Å². The molecule has 1 aliphatic rings. The second-order valence-electron chi connectivity index (χ2n) is 5.82. The van der Waals surface area contributed by atoms with E-state index in [9.17, 15) is 9.18 Å². The van der Waals surface area contributed by atoms with Crippen LogP contribution >= 0.6 is 23.1 Å². The molecule has 0 fully saturated rings. The van der Waals surface area contributed by atoms with E-state index < -0.39 is 0 Å². The van der Waals surface area contributed by atoms with Crippen LogP contribution in [-0.4, -0.2) is 25.4 Å². The summed E-state index contributed by atoms with van der Waals surface area (Å²) < 4.78 is 26.1. The van der Waals surface area contributed by atoms with Crippen LogP contribution in [0.3, 0.4) is 0 Å². The molecule has 0 saturated carbocycles. The predicted molar refractivity (Wildman–Crippen MR) is 104 cm³/mol. The Labute approximate surface area is 158 Å². The molecule has 2 heterocycles. The van der Waals surface area contributed by atoms with Crippen molar-refractivity contribution in [3.05, 3.63) is 46.6 Å². The van der Waals surface area contributed by atoms with Gasteiger partial charge in [0.1, 0.15) is 19.0 Å². The third-order valence-corrected chi connectivity index (χ3v) is 6.26. The molecule has 7 heteroatoms. The summed E-state index contributed by atoms with van der Waals surface area (Å²) in [7, 11) is 0. The molecule has 1 aromatic heterocycles. The van der Waals surface area contributed by atoms with E-state index >= 15 is 0 Å². The van der Waals surface area contributed by atoms with E-state index in [0.717, 1.165) is 9.60 Å². The van der Waals surface area contributed by atoms with Gasteiger partial charge >= 0.3 is 0 Å². The zero-order valence-corrected chi connectivity index (χ0v) is 15.9. The van der Waals surface area contributed by atoms with Crippen molar-refractivity contribution in [1.82, 2.24) is 0 Å². The molecule has 4 rings (SSSR count). The first kappa shape index (κ1) is 17.2. The van der Waals surface area contributed by atoms with Crippen LogP contribution in [0.4, 0.5) is 10.1 Å². The summed E-state index contributed by atoms with van der Waals surface area (Å²) >= 11 is 2.80. The summed E-state index contributed by atoms with van der Waals surface area (Å²) in [6, 6.07) is 8.54. The number of hydrogen-bond donors (Lipinski definition) is 1. The highest BCUT2D eigenvalue weighted by Gasteiger charge is 2.21. The topological polar surface area (TPSA) is 47.6 Å². The maximum atomic E-state index is 14.1. The van der Waals surface area contributed by atoms with Crippen molar-refractivity contribution in [3.63, 3.8) is 0 Å². The van der Waals surface area contributed by atoms with Crippen LogP contribution in [0.25, 0.3) is 10.1 Å². The van der Waals surface area contributed by atoms with Crippen molar-refractivity contribution in [2.75, 3.05) is 24.8 Å². The predicted octanol–water partition coefficient (Wildman–Crippen LogP) is 5.09. The molecule has 26 heavy (non-hydrogen) atoms. The Morgan fingerprint density at radius 2 is 1.96 bits per heavy atom. The molecule has 1 aliphatic heterocycles. The Morgan fingerprint density at radius 3 is 2.65 bits per heavy atom. The number of rotatable bonds is 3. The highest BCUT2D eigenvalue weighted by Crippen LogP contribution is 2.40. The van der Waals surface area contributed by atoms with Gasteiger partial charge in [-0.05, 0) is 36.9 Å². The number of thiophene rings is 1. The van der Waals surface area contributed by atoms with E-state index in [1.807, 2.05) is 18.4 Å². The number of amides is 1. The number of carbonyl (C=O) groups is 1. The van der Waals surface area contributed by atoms with Crippen LogP contribution < -0.4 is 14.8 Å².